The van der Waals surface area contributed by atoms with Gasteiger partial charge >= 0.3 is 0 Å². The highest BCUT2D eigenvalue weighted by molar-refractivity contribution is 5.76. The van der Waals surface area contributed by atoms with E-state index in [1.165, 1.54) is 141 Å². The maximum absolute atomic E-state index is 12.4. The van der Waals surface area contributed by atoms with Gasteiger partial charge in [-0.15, -0.1) is 0 Å². The van der Waals surface area contributed by atoms with Gasteiger partial charge in [-0.25, -0.2) is 0 Å². The van der Waals surface area contributed by atoms with Crippen LogP contribution in [0.2, 0.25) is 0 Å². The predicted octanol–water partition coefficient (Wildman–Crippen LogP) is 17.5. The summed E-state index contributed by atoms with van der Waals surface area (Å²) in [6.07, 6.45) is 81.0. The van der Waals surface area contributed by atoms with Gasteiger partial charge in [0.1, 0.15) is 0 Å². The number of carbonyl (C=O) groups is 1. The molecule has 0 aromatic heterocycles. The molecule has 3 N–H and O–H groups in total. The molecule has 0 saturated heterocycles. The molecule has 2 atom stereocenters. The van der Waals surface area contributed by atoms with Gasteiger partial charge in [0.15, 0.2) is 0 Å². The normalized spacial score (nSPS) is 13.8. The predicted molar refractivity (Wildman–Crippen MR) is 280 cm³/mol. The fourth-order valence-corrected chi connectivity index (χ4v) is 7.45. The van der Waals surface area contributed by atoms with Gasteiger partial charge < -0.3 is 15.5 Å². The van der Waals surface area contributed by atoms with E-state index in [1.54, 1.807) is 6.08 Å². The zero-order valence-electron chi connectivity index (χ0n) is 41.3. The van der Waals surface area contributed by atoms with Crippen LogP contribution in [-0.4, -0.2) is 34.9 Å². The smallest absolute Gasteiger partial charge is 0.220 e. The van der Waals surface area contributed by atoms with Crippen molar-refractivity contribution in [3.05, 3.63) is 109 Å². The SMILES string of the molecule is CC/C=C\C/C=C\C/C=C\C/C=C\C/C=C\C/C=C\CCCCCCCCCCCCCCCCCCCCC(=O)NC(CO)C(O)/C=C/CC/C=C/CC/C=C/CCCCCC. The molecular weight excluding hydrogens is 771 g/mol. The van der Waals surface area contributed by atoms with Gasteiger partial charge in [0.05, 0.1) is 18.8 Å². The van der Waals surface area contributed by atoms with Crippen LogP contribution in [0.1, 0.15) is 239 Å². The van der Waals surface area contributed by atoms with Crippen LogP contribution >= 0.6 is 0 Å². The summed E-state index contributed by atoms with van der Waals surface area (Å²) in [7, 11) is 0. The molecule has 0 aromatic rings. The van der Waals surface area contributed by atoms with Crippen molar-refractivity contribution in [1.29, 1.82) is 0 Å². The highest BCUT2D eigenvalue weighted by Crippen LogP contribution is 2.15. The third-order valence-corrected chi connectivity index (χ3v) is 11.5. The second-order valence-electron chi connectivity index (χ2n) is 17.5. The van der Waals surface area contributed by atoms with Crippen LogP contribution in [0, 0.1) is 0 Å². The van der Waals surface area contributed by atoms with Crippen LogP contribution in [0.15, 0.2) is 109 Å². The largest absolute Gasteiger partial charge is 0.394 e. The molecule has 4 nitrogen and oxygen atoms in total. The Morgan fingerprint density at radius 2 is 0.714 bits per heavy atom. The fraction of sp³-hybridized carbons (Fsp3) is 0.678. The van der Waals surface area contributed by atoms with E-state index >= 15 is 0 Å². The van der Waals surface area contributed by atoms with Crippen LogP contribution in [-0.2, 0) is 4.79 Å². The first-order chi connectivity index (χ1) is 31.2. The van der Waals surface area contributed by atoms with Crippen molar-refractivity contribution in [2.45, 2.75) is 251 Å². The summed E-state index contributed by atoms with van der Waals surface area (Å²) in [5.74, 6) is -0.0807. The number of unbranched alkanes of at least 4 members (excludes halogenated alkanes) is 24. The Hall–Kier alpha value is -2.95. The van der Waals surface area contributed by atoms with E-state index in [9.17, 15) is 15.0 Å². The van der Waals surface area contributed by atoms with Crippen molar-refractivity contribution in [2.75, 3.05) is 6.61 Å². The molecular formula is C59H101NO3. The second-order valence-corrected chi connectivity index (χ2v) is 17.5. The summed E-state index contributed by atoms with van der Waals surface area (Å²) in [4.78, 5) is 12.4. The molecule has 0 fully saturated rings. The minimum Gasteiger partial charge on any atom is -0.394 e. The summed E-state index contributed by atoms with van der Waals surface area (Å²) in [5, 5.41) is 23.0. The standard InChI is InChI=1S/C59H101NO3/c1-3-5-7-9-11-13-15-17-19-20-21-22-23-24-25-26-27-28-29-30-31-32-33-34-35-36-37-38-39-40-41-43-45-47-49-51-53-55-59(63)60-57(56-61)58(62)54-52-50-48-46-44-42-18-16-14-12-10-8-6-4-2/h5,7,11,13-14,16-17,19,21-22,24-25,27-28,44,46,52,54,57-58,61-62H,3-4,6,8-10,12,15,18,20,23,26,29-43,45,47-51,53,55-56H2,1-2H3,(H,60,63)/b7-5-,13-11-,16-14+,19-17-,22-21-,25-24-,28-27-,46-44+,54-52+. The fourth-order valence-electron chi connectivity index (χ4n) is 7.45. The average Bonchev–Trinajstić information content (AvgIpc) is 3.29. The summed E-state index contributed by atoms with van der Waals surface area (Å²) < 4.78 is 0. The molecule has 0 spiro atoms. The van der Waals surface area contributed by atoms with E-state index in [-0.39, 0.29) is 12.5 Å². The van der Waals surface area contributed by atoms with Gasteiger partial charge in [-0.3, -0.25) is 4.79 Å². The number of rotatable bonds is 47. The lowest BCUT2D eigenvalue weighted by molar-refractivity contribution is -0.123. The van der Waals surface area contributed by atoms with Crippen LogP contribution in [0.4, 0.5) is 0 Å². The first-order valence-electron chi connectivity index (χ1n) is 26.6. The number of hydrogen-bond donors (Lipinski definition) is 3. The molecule has 0 aromatic carbocycles. The molecule has 0 radical (unpaired) electrons. The van der Waals surface area contributed by atoms with Crippen molar-refractivity contribution < 1.29 is 15.0 Å². The lowest BCUT2D eigenvalue weighted by atomic mass is 10.0. The zero-order chi connectivity index (χ0) is 45.6. The molecule has 0 bridgehead atoms. The number of allylic oxidation sites excluding steroid dienone is 17. The Bertz CT molecular complexity index is 1220. The van der Waals surface area contributed by atoms with E-state index in [1.807, 2.05) is 6.08 Å². The van der Waals surface area contributed by atoms with E-state index in [0.29, 0.717) is 6.42 Å². The number of nitrogens with one attached hydrogen (secondary N) is 1. The highest BCUT2D eigenvalue weighted by Gasteiger charge is 2.17. The van der Waals surface area contributed by atoms with Crippen LogP contribution in [0.25, 0.3) is 0 Å². The topological polar surface area (TPSA) is 69.6 Å². The first kappa shape index (κ1) is 60.1. The van der Waals surface area contributed by atoms with Gasteiger partial charge in [-0.1, -0.05) is 245 Å². The Balaban J connectivity index is 3.52. The van der Waals surface area contributed by atoms with Crippen molar-refractivity contribution >= 4 is 5.91 Å². The molecule has 2 unspecified atom stereocenters. The molecule has 0 saturated carbocycles. The number of carbonyl (C=O) groups excluding carboxylic acids is 1. The summed E-state index contributed by atoms with van der Waals surface area (Å²) >= 11 is 0. The maximum Gasteiger partial charge on any atom is 0.220 e. The monoisotopic (exact) mass is 872 g/mol. The van der Waals surface area contributed by atoms with Gasteiger partial charge in [-0.05, 0) is 96.3 Å². The van der Waals surface area contributed by atoms with Crippen LogP contribution in [0.5, 0.6) is 0 Å². The third kappa shape index (κ3) is 49.9. The lowest BCUT2D eigenvalue weighted by Crippen LogP contribution is -2.45. The van der Waals surface area contributed by atoms with E-state index in [2.05, 4.69) is 116 Å². The van der Waals surface area contributed by atoms with Crippen molar-refractivity contribution in [2.24, 2.45) is 0 Å². The molecule has 0 rings (SSSR count). The molecule has 0 aliphatic carbocycles. The second kappa shape index (κ2) is 53.4. The number of hydrogen-bond acceptors (Lipinski definition) is 3. The van der Waals surface area contributed by atoms with E-state index < -0.39 is 12.1 Å². The molecule has 0 aliphatic rings. The average molecular weight is 872 g/mol. The van der Waals surface area contributed by atoms with Crippen molar-refractivity contribution in [1.82, 2.24) is 5.32 Å². The molecule has 0 heterocycles. The van der Waals surface area contributed by atoms with Crippen LogP contribution in [0.3, 0.4) is 0 Å². The number of aliphatic hydroxyl groups excluding tert-OH is 2. The quantitative estimate of drug-likeness (QED) is 0.0421. The Labute approximate surface area is 391 Å². The van der Waals surface area contributed by atoms with Crippen LogP contribution < -0.4 is 5.32 Å². The van der Waals surface area contributed by atoms with Crippen molar-refractivity contribution in [3.8, 4) is 0 Å². The zero-order valence-corrected chi connectivity index (χ0v) is 41.3. The first-order valence-corrected chi connectivity index (χ1v) is 26.6. The molecule has 4 heteroatoms. The maximum atomic E-state index is 12.4. The molecule has 63 heavy (non-hydrogen) atoms. The Morgan fingerprint density at radius 1 is 0.397 bits per heavy atom. The van der Waals surface area contributed by atoms with Crippen molar-refractivity contribution in [3.63, 3.8) is 0 Å². The van der Waals surface area contributed by atoms with Gasteiger partial charge in [0, 0.05) is 6.42 Å². The van der Waals surface area contributed by atoms with Gasteiger partial charge in [-0.2, -0.15) is 0 Å². The molecule has 360 valence electrons. The molecule has 1 amide bonds. The third-order valence-electron chi connectivity index (χ3n) is 11.5. The van der Waals surface area contributed by atoms with Gasteiger partial charge in [0.25, 0.3) is 0 Å². The van der Waals surface area contributed by atoms with E-state index in [0.717, 1.165) is 77.0 Å². The lowest BCUT2D eigenvalue weighted by Gasteiger charge is -2.19. The minimum absolute atomic E-state index is 0.0807. The minimum atomic E-state index is -0.873. The highest BCUT2D eigenvalue weighted by atomic mass is 16.3. The molecule has 0 aliphatic heterocycles. The Kier molecular flexibility index (Phi) is 50.9. The summed E-state index contributed by atoms with van der Waals surface area (Å²) in [6.45, 7) is 4.15. The number of aliphatic hydroxyl groups is 2. The number of amides is 1. The van der Waals surface area contributed by atoms with E-state index in [4.69, 9.17) is 0 Å². The summed E-state index contributed by atoms with van der Waals surface area (Å²) in [5.41, 5.74) is 0. The Morgan fingerprint density at radius 3 is 1.11 bits per heavy atom. The van der Waals surface area contributed by atoms with Gasteiger partial charge in [0.2, 0.25) is 5.91 Å². The summed E-state index contributed by atoms with van der Waals surface area (Å²) in [6, 6.07) is -0.649.